The predicted octanol–water partition coefficient (Wildman–Crippen LogP) is 2.22. The second-order valence-corrected chi connectivity index (χ2v) is 6.04. The molecular formula is C14H18N4O3S. The van der Waals surface area contributed by atoms with Gasteiger partial charge in [0.2, 0.25) is 11.1 Å². The van der Waals surface area contributed by atoms with Gasteiger partial charge in [-0.25, -0.2) is 4.98 Å². The summed E-state index contributed by atoms with van der Waals surface area (Å²) in [5.41, 5.74) is 0. The highest BCUT2D eigenvalue weighted by Crippen LogP contribution is 2.26. The molecule has 0 aliphatic carbocycles. The Morgan fingerprint density at radius 2 is 2.55 bits per heavy atom. The van der Waals surface area contributed by atoms with Crippen LogP contribution in [-0.4, -0.2) is 33.4 Å². The second kappa shape index (κ2) is 6.97. The van der Waals surface area contributed by atoms with E-state index in [0.29, 0.717) is 5.16 Å². The maximum atomic E-state index is 11.9. The van der Waals surface area contributed by atoms with Crippen LogP contribution in [0.4, 0.5) is 0 Å². The molecule has 118 valence electrons. The number of nitrogens with zero attached hydrogens (tertiary/aromatic N) is 2. The van der Waals surface area contributed by atoms with Crippen molar-refractivity contribution in [3.8, 4) is 0 Å². The first kappa shape index (κ1) is 15.1. The fourth-order valence-electron chi connectivity index (χ4n) is 2.28. The molecule has 3 rings (SSSR count). The SMILES string of the molecule is C[C@@H](NC(=O)CSc1n[nH]c([C@H]2CCCO2)n1)c1ccco1. The van der Waals surface area contributed by atoms with Gasteiger partial charge in [0.25, 0.3) is 0 Å². The van der Waals surface area contributed by atoms with E-state index in [0.717, 1.165) is 31.0 Å². The van der Waals surface area contributed by atoms with Gasteiger partial charge in [-0.2, -0.15) is 0 Å². The first-order valence-corrected chi connectivity index (χ1v) is 8.20. The number of carbonyl (C=O) groups is 1. The van der Waals surface area contributed by atoms with Gasteiger partial charge in [0.1, 0.15) is 11.9 Å². The summed E-state index contributed by atoms with van der Waals surface area (Å²) in [5.74, 6) is 1.65. The van der Waals surface area contributed by atoms with Crippen molar-refractivity contribution in [3.05, 3.63) is 30.0 Å². The van der Waals surface area contributed by atoms with Gasteiger partial charge >= 0.3 is 0 Å². The Hall–Kier alpha value is -1.80. The number of amides is 1. The van der Waals surface area contributed by atoms with Crippen LogP contribution in [0.1, 0.15) is 43.5 Å². The summed E-state index contributed by atoms with van der Waals surface area (Å²) < 4.78 is 10.8. The third-order valence-corrected chi connectivity index (χ3v) is 4.24. The standard InChI is InChI=1S/C14H18N4O3S/c1-9(10-4-2-6-20-10)15-12(19)8-22-14-16-13(17-18-14)11-5-3-7-21-11/h2,4,6,9,11H,3,5,7-8H2,1H3,(H,15,19)(H,16,17,18)/t9-,11-/m1/s1. The van der Waals surface area contributed by atoms with Crippen molar-refractivity contribution in [2.75, 3.05) is 12.4 Å². The van der Waals surface area contributed by atoms with E-state index in [9.17, 15) is 4.79 Å². The van der Waals surface area contributed by atoms with Crippen LogP contribution in [0.15, 0.2) is 28.0 Å². The van der Waals surface area contributed by atoms with Crippen LogP contribution in [0.25, 0.3) is 0 Å². The van der Waals surface area contributed by atoms with Crippen LogP contribution in [0.2, 0.25) is 0 Å². The number of hydrogen-bond acceptors (Lipinski definition) is 6. The van der Waals surface area contributed by atoms with Gasteiger partial charge in [-0.15, -0.1) is 5.10 Å². The average Bonchev–Trinajstić information content (AvgIpc) is 3.25. The summed E-state index contributed by atoms with van der Waals surface area (Å²) in [6.07, 6.45) is 3.60. The van der Waals surface area contributed by atoms with E-state index in [4.69, 9.17) is 9.15 Å². The Labute approximate surface area is 132 Å². The van der Waals surface area contributed by atoms with Gasteiger partial charge in [0.15, 0.2) is 5.82 Å². The molecule has 2 atom stereocenters. The van der Waals surface area contributed by atoms with E-state index in [2.05, 4.69) is 20.5 Å². The molecule has 22 heavy (non-hydrogen) atoms. The fraction of sp³-hybridized carbons (Fsp3) is 0.500. The topological polar surface area (TPSA) is 93.0 Å². The van der Waals surface area contributed by atoms with Crippen molar-refractivity contribution >= 4 is 17.7 Å². The van der Waals surface area contributed by atoms with Crippen molar-refractivity contribution < 1.29 is 13.9 Å². The summed E-state index contributed by atoms with van der Waals surface area (Å²) in [4.78, 5) is 16.3. The third-order valence-electron chi connectivity index (χ3n) is 3.40. The normalized spacial score (nSPS) is 19.2. The van der Waals surface area contributed by atoms with Gasteiger partial charge in [-0.3, -0.25) is 9.89 Å². The quantitative estimate of drug-likeness (QED) is 0.792. The summed E-state index contributed by atoms with van der Waals surface area (Å²) in [5, 5.41) is 10.4. The molecule has 0 spiro atoms. The molecule has 0 saturated carbocycles. The number of hydrogen-bond donors (Lipinski definition) is 2. The zero-order valence-electron chi connectivity index (χ0n) is 12.2. The maximum Gasteiger partial charge on any atom is 0.231 e. The molecule has 3 heterocycles. The maximum absolute atomic E-state index is 11.9. The van der Waals surface area contributed by atoms with Gasteiger partial charge in [0, 0.05) is 6.61 Å². The van der Waals surface area contributed by atoms with Crippen molar-refractivity contribution in [1.29, 1.82) is 0 Å². The number of nitrogens with one attached hydrogen (secondary N) is 2. The molecule has 0 aromatic carbocycles. The Morgan fingerprint density at radius 3 is 3.27 bits per heavy atom. The number of aromatic nitrogens is 3. The summed E-state index contributed by atoms with van der Waals surface area (Å²) >= 11 is 1.30. The number of rotatable bonds is 6. The predicted molar refractivity (Wildman–Crippen MR) is 80.3 cm³/mol. The van der Waals surface area contributed by atoms with Gasteiger partial charge in [-0.1, -0.05) is 11.8 Å². The summed E-state index contributed by atoms with van der Waals surface area (Å²) in [6, 6.07) is 3.48. The van der Waals surface area contributed by atoms with Crippen LogP contribution in [0.5, 0.6) is 0 Å². The number of thioether (sulfide) groups is 1. The molecular weight excluding hydrogens is 304 g/mol. The number of aromatic amines is 1. The summed E-state index contributed by atoms with van der Waals surface area (Å²) in [6.45, 7) is 2.64. The minimum Gasteiger partial charge on any atom is -0.467 e. The lowest BCUT2D eigenvalue weighted by Crippen LogP contribution is -2.27. The molecule has 2 N–H and O–H groups in total. The van der Waals surface area contributed by atoms with Gasteiger partial charge in [0.05, 0.1) is 18.1 Å². The van der Waals surface area contributed by atoms with E-state index < -0.39 is 0 Å². The lowest BCUT2D eigenvalue weighted by molar-refractivity contribution is -0.119. The molecule has 7 nitrogen and oxygen atoms in total. The molecule has 2 aromatic heterocycles. The highest BCUT2D eigenvalue weighted by atomic mass is 32.2. The molecule has 0 radical (unpaired) electrons. The molecule has 2 aromatic rings. The van der Waals surface area contributed by atoms with Crippen LogP contribution in [0.3, 0.4) is 0 Å². The highest BCUT2D eigenvalue weighted by Gasteiger charge is 2.21. The first-order valence-electron chi connectivity index (χ1n) is 7.22. The second-order valence-electron chi connectivity index (χ2n) is 5.10. The average molecular weight is 322 g/mol. The monoisotopic (exact) mass is 322 g/mol. The first-order chi connectivity index (χ1) is 10.7. The summed E-state index contributed by atoms with van der Waals surface area (Å²) in [7, 11) is 0. The lowest BCUT2D eigenvalue weighted by Gasteiger charge is -2.10. The van der Waals surface area contributed by atoms with E-state index in [-0.39, 0.29) is 23.8 Å². The van der Waals surface area contributed by atoms with Crippen molar-refractivity contribution in [3.63, 3.8) is 0 Å². The zero-order chi connectivity index (χ0) is 15.4. The molecule has 1 saturated heterocycles. The largest absolute Gasteiger partial charge is 0.467 e. The van der Waals surface area contributed by atoms with Crippen molar-refractivity contribution in [2.45, 2.75) is 37.1 Å². The minimum atomic E-state index is -0.155. The Kier molecular flexibility index (Phi) is 4.79. The molecule has 0 unspecified atom stereocenters. The van der Waals surface area contributed by atoms with E-state index in [1.165, 1.54) is 11.8 Å². The lowest BCUT2D eigenvalue weighted by atomic mass is 10.2. The van der Waals surface area contributed by atoms with Crippen molar-refractivity contribution in [2.24, 2.45) is 0 Å². The van der Waals surface area contributed by atoms with Gasteiger partial charge < -0.3 is 14.5 Å². The Bertz CT molecular complexity index is 607. The van der Waals surface area contributed by atoms with E-state index in [1.54, 1.807) is 12.3 Å². The van der Waals surface area contributed by atoms with Gasteiger partial charge in [-0.05, 0) is 31.9 Å². The van der Waals surface area contributed by atoms with Crippen LogP contribution in [-0.2, 0) is 9.53 Å². The molecule has 1 aliphatic heterocycles. The number of furan rings is 1. The molecule has 1 amide bonds. The van der Waals surface area contributed by atoms with Crippen LogP contribution >= 0.6 is 11.8 Å². The molecule has 1 aliphatic rings. The van der Waals surface area contributed by atoms with E-state index in [1.807, 2.05) is 13.0 Å². The Balaban J connectivity index is 1.46. The number of carbonyl (C=O) groups excluding carboxylic acids is 1. The number of H-pyrrole nitrogens is 1. The smallest absolute Gasteiger partial charge is 0.231 e. The van der Waals surface area contributed by atoms with Crippen LogP contribution in [0, 0.1) is 0 Å². The molecule has 8 heteroatoms. The van der Waals surface area contributed by atoms with Crippen LogP contribution < -0.4 is 5.32 Å². The Morgan fingerprint density at radius 1 is 1.64 bits per heavy atom. The molecule has 1 fully saturated rings. The number of ether oxygens (including phenoxy) is 1. The third kappa shape index (κ3) is 3.69. The van der Waals surface area contributed by atoms with Crippen molar-refractivity contribution in [1.82, 2.24) is 20.5 Å². The zero-order valence-corrected chi connectivity index (χ0v) is 13.1. The molecule has 0 bridgehead atoms. The van der Waals surface area contributed by atoms with E-state index >= 15 is 0 Å². The highest BCUT2D eigenvalue weighted by molar-refractivity contribution is 7.99. The fourth-order valence-corrected chi connectivity index (χ4v) is 2.90. The minimum absolute atomic E-state index is 0.00894.